The molecule has 0 spiro atoms. The molecule has 1 aromatic heterocycles. The first-order chi connectivity index (χ1) is 11.1. The largest absolute Gasteiger partial charge is 0.479 e. The monoisotopic (exact) mass is 317 g/mol. The zero-order valence-corrected chi connectivity index (χ0v) is 13.8. The fraction of sp³-hybridized carbons (Fsp3) is 0.412. The van der Waals surface area contributed by atoms with Gasteiger partial charge in [0.1, 0.15) is 5.76 Å². The number of likely N-dealkylation sites (N-methyl/N-ethyl adjacent to an activating group) is 1. The Bertz CT molecular complexity index is 620. The van der Waals surface area contributed by atoms with Crippen LogP contribution in [0, 0.1) is 0 Å². The van der Waals surface area contributed by atoms with E-state index in [0.717, 1.165) is 18.7 Å². The first-order valence-electron chi connectivity index (χ1n) is 7.60. The minimum Gasteiger partial charge on any atom is -0.479 e. The highest BCUT2D eigenvalue weighted by atomic mass is 16.5. The standard InChI is InChI=1S/C17H23N3O3/c1-20(2)11-10-13-4-6-14(7-5-13)18-16(21)9-8-15-12-17(22-3)19-23-15/h4-7,12H,8-11H2,1-3H3,(H,18,21). The van der Waals surface area contributed by atoms with Gasteiger partial charge in [-0.3, -0.25) is 4.79 Å². The lowest BCUT2D eigenvalue weighted by molar-refractivity contribution is -0.116. The van der Waals surface area contributed by atoms with E-state index < -0.39 is 0 Å². The van der Waals surface area contributed by atoms with Crippen LogP contribution < -0.4 is 10.1 Å². The van der Waals surface area contributed by atoms with E-state index in [1.165, 1.54) is 12.7 Å². The van der Waals surface area contributed by atoms with Crippen molar-refractivity contribution in [1.29, 1.82) is 0 Å². The van der Waals surface area contributed by atoms with Crippen molar-refractivity contribution in [2.75, 3.05) is 33.1 Å². The molecule has 1 aromatic carbocycles. The molecule has 2 rings (SSSR count). The number of amides is 1. The second kappa shape index (κ2) is 8.33. The number of hydrogen-bond acceptors (Lipinski definition) is 5. The quantitative estimate of drug-likeness (QED) is 0.809. The fourth-order valence-corrected chi connectivity index (χ4v) is 2.08. The second-order valence-electron chi connectivity index (χ2n) is 5.63. The summed E-state index contributed by atoms with van der Waals surface area (Å²) in [6.07, 6.45) is 1.82. The lowest BCUT2D eigenvalue weighted by Gasteiger charge is -2.10. The lowest BCUT2D eigenvalue weighted by Crippen LogP contribution is -2.15. The predicted octanol–water partition coefficient (Wildman–Crippen LogP) is 2.36. The van der Waals surface area contributed by atoms with Gasteiger partial charge in [-0.05, 0) is 43.4 Å². The summed E-state index contributed by atoms with van der Waals surface area (Å²) in [5.74, 6) is 1.01. The zero-order chi connectivity index (χ0) is 16.7. The van der Waals surface area contributed by atoms with Gasteiger partial charge in [-0.25, -0.2) is 0 Å². The van der Waals surface area contributed by atoms with Gasteiger partial charge in [0.15, 0.2) is 0 Å². The van der Waals surface area contributed by atoms with Crippen molar-refractivity contribution in [1.82, 2.24) is 10.1 Å². The first kappa shape index (κ1) is 17.0. The van der Waals surface area contributed by atoms with Crippen molar-refractivity contribution in [2.24, 2.45) is 0 Å². The average molecular weight is 317 g/mol. The molecule has 6 nitrogen and oxygen atoms in total. The SMILES string of the molecule is COc1cc(CCC(=O)Nc2ccc(CCN(C)C)cc2)on1. The number of nitrogens with zero attached hydrogens (tertiary/aromatic N) is 2. The highest BCUT2D eigenvalue weighted by Gasteiger charge is 2.08. The maximum Gasteiger partial charge on any atom is 0.254 e. The van der Waals surface area contributed by atoms with Crippen LogP contribution in [0.4, 0.5) is 5.69 Å². The molecule has 1 N–H and O–H groups in total. The molecule has 0 unspecified atom stereocenters. The van der Waals surface area contributed by atoms with Crippen molar-refractivity contribution in [3.63, 3.8) is 0 Å². The van der Waals surface area contributed by atoms with Crippen LogP contribution in [-0.2, 0) is 17.6 Å². The summed E-state index contributed by atoms with van der Waals surface area (Å²) in [6, 6.07) is 9.63. The summed E-state index contributed by atoms with van der Waals surface area (Å²) < 4.78 is 9.99. The Morgan fingerprint density at radius 3 is 2.61 bits per heavy atom. The first-order valence-corrected chi connectivity index (χ1v) is 7.60. The summed E-state index contributed by atoms with van der Waals surface area (Å²) in [5, 5.41) is 6.59. The predicted molar refractivity (Wildman–Crippen MR) is 88.7 cm³/mol. The average Bonchev–Trinajstić information content (AvgIpc) is 3.00. The molecule has 0 aliphatic rings. The number of hydrogen-bond donors (Lipinski definition) is 1. The zero-order valence-electron chi connectivity index (χ0n) is 13.8. The minimum absolute atomic E-state index is 0.0543. The summed E-state index contributed by atoms with van der Waals surface area (Å²) in [4.78, 5) is 14.1. The number of aromatic nitrogens is 1. The summed E-state index contributed by atoms with van der Waals surface area (Å²) in [6.45, 7) is 1.01. The van der Waals surface area contributed by atoms with Crippen LogP contribution in [0.15, 0.2) is 34.9 Å². The third kappa shape index (κ3) is 5.75. The Morgan fingerprint density at radius 1 is 1.26 bits per heavy atom. The molecule has 0 saturated heterocycles. The smallest absolute Gasteiger partial charge is 0.254 e. The van der Waals surface area contributed by atoms with E-state index in [2.05, 4.69) is 29.5 Å². The number of methoxy groups -OCH3 is 1. The Labute approximate surface area is 136 Å². The van der Waals surface area contributed by atoms with Crippen LogP contribution in [0.3, 0.4) is 0 Å². The molecular formula is C17H23N3O3. The Kier molecular flexibility index (Phi) is 6.17. The molecule has 1 amide bonds. The molecule has 2 aromatic rings. The van der Waals surface area contributed by atoms with Gasteiger partial charge in [-0.2, -0.15) is 0 Å². The van der Waals surface area contributed by atoms with Crippen molar-refractivity contribution in [3.8, 4) is 5.88 Å². The fourth-order valence-electron chi connectivity index (χ4n) is 2.08. The summed E-state index contributed by atoms with van der Waals surface area (Å²) in [7, 11) is 5.63. The maximum atomic E-state index is 12.0. The van der Waals surface area contributed by atoms with Crippen LogP contribution in [-0.4, -0.2) is 43.7 Å². The van der Waals surface area contributed by atoms with Crippen LogP contribution >= 0.6 is 0 Å². The number of carbonyl (C=O) groups is 1. The van der Waals surface area contributed by atoms with E-state index in [0.29, 0.717) is 24.5 Å². The second-order valence-corrected chi connectivity index (χ2v) is 5.63. The van der Waals surface area contributed by atoms with Gasteiger partial charge in [0, 0.05) is 31.1 Å². The van der Waals surface area contributed by atoms with Crippen LogP contribution in [0.5, 0.6) is 5.88 Å². The highest BCUT2D eigenvalue weighted by molar-refractivity contribution is 5.90. The molecule has 0 radical (unpaired) electrons. The number of ether oxygens (including phenoxy) is 1. The number of carbonyl (C=O) groups excluding carboxylic acids is 1. The molecule has 0 aliphatic carbocycles. The Balaban J connectivity index is 1.78. The van der Waals surface area contributed by atoms with E-state index in [4.69, 9.17) is 9.26 Å². The minimum atomic E-state index is -0.0543. The molecule has 0 aliphatic heterocycles. The van der Waals surface area contributed by atoms with Gasteiger partial charge >= 0.3 is 0 Å². The van der Waals surface area contributed by atoms with Crippen molar-refractivity contribution in [3.05, 3.63) is 41.7 Å². The van der Waals surface area contributed by atoms with Crippen LogP contribution in [0.1, 0.15) is 17.7 Å². The van der Waals surface area contributed by atoms with Crippen LogP contribution in [0.25, 0.3) is 0 Å². The molecule has 0 atom stereocenters. The number of anilines is 1. The number of rotatable bonds is 8. The topological polar surface area (TPSA) is 67.6 Å². The van der Waals surface area contributed by atoms with Gasteiger partial charge in [-0.15, -0.1) is 0 Å². The third-order valence-electron chi connectivity index (χ3n) is 3.43. The molecule has 6 heteroatoms. The van der Waals surface area contributed by atoms with E-state index in [1.807, 2.05) is 24.3 Å². The van der Waals surface area contributed by atoms with Crippen molar-refractivity contribution in [2.45, 2.75) is 19.3 Å². The van der Waals surface area contributed by atoms with Gasteiger partial charge in [0.2, 0.25) is 5.91 Å². The summed E-state index contributed by atoms with van der Waals surface area (Å²) >= 11 is 0. The summed E-state index contributed by atoms with van der Waals surface area (Å²) in [5.41, 5.74) is 2.06. The highest BCUT2D eigenvalue weighted by Crippen LogP contribution is 2.14. The number of benzene rings is 1. The van der Waals surface area contributed by atoms with Crippen LogP contribution in [0.2, 0.25) is 0 Å². The van der Waals surface area contributed by atoms with E-state index in [9.17, 15) is 4.79 Å². The van der Waals surface area contributed by atoms with E-state index in [-0.39, 0.29) is 5.91 Å². The molecule has 23 heavy (non-hydrogen) atoms. The maximum absolute atomic E-state index is 12.0. The molecular weight excluding hydrogens is 294 g/mol. The number of nitrogens with one attached hydrogen (secondary N) is 1. The van der Waals surface area contributed by atoms with Crippen molar-refractivity contribution < 1.29 is 14.1 Å². The molecule has 0 fully saturated rings. The van der Waals surface area contributed by atoms with Gasteiger partial charge in [0.25, 0.3) is 5.88 Å². The Hall–Kier alpha value is -2.34. The van der Waals surface area contributed by atoms with Gasteiger partial charge < -0.3 is 19.5 Å². The molecule has 124 valence electrons. The van der Waals surface area contributed by atoms with Crippen molar-refractivity contribution >= 4 is 11.6 Å². The van der Waals surface area contributed by atoms with Gasteiger partial charge in [0.05, 0.1) is 7.11 Å². The molecule has 0 saturated carbocycles. The van der Waals surface area contributed by atoms with E-state index in [1.54, 1.807) is 6.07 Å². The molecule has 0 bridgehead atoms. The van der Waals surface area contributed by atoms with Gasteiger partial charge in [-0.1, -0.05) is 12.1 Å². The Morgan fingerprint density at radius 2 is 2.00 bits per heavy atom. The third-order valence-corrected chi connectivity index (χ3v) is 3.43. The normalized spacial score (nSPS) is 10.8. The van der Waals surface area contributed by atoms with E-state index >= 15 is 0 Å². The number of aryl methyl sites for hydroxylation is 1. The molecule has 1 heterocycles. The lowest BCUT2D eigenvalue weighted by atomic mass is 10.1.